The molecule has 0 heterocycles. The molecule has 1 rings (SSSR count). The summed E-state index contributed by atoms with van der Waals surface area (Å²) in [7, 11) is 1.77. The molecule has 0 fully saturated rings. The summed E-state index contributed by atoms with van der Waals surface area (Å²) >= 11 is 0. The van der Waals surface area contributed by atoms with Gasteiger partial charge < -0.3 is 26.0 Å². The van der Waals surface area contributed by atoms with E-state index in [2.05, 4.69) is 5.32 Å². The van der Waals surface area contributed by atoms with Crippen molar-refractivity contribution in [3.8, 4) is 0 Å². The topological polar surface area (TPSA) is 105 Å². The molecule has 1 aromatic rings. The number of hydrogen-bond donors (Lipinski definition) is 4. The Morgan fingerprint density at radius 1 is 1.45 bits per heavy atom. The number of esters is 1. The summed E-state index contributed by atoms with van der Waals surface area (Å²) in [5.74, 6) is -0.538. The predicted molar refractivity (Wildman–Crippen MR) is 76.3 cm³/mol. The van der Waals surface area contributed by atoms with E-state index in [-0.39, 0.29) is 17.9 Å². The second kappa shape index (κ2) is 7.84. The molecule has 0 spiro atoms. The SMILES string of the molecule is CCOC(=O)c1cc(C(O)C(O)CCNC)ccc1N. The van der Waals surface area contributed by atoms with Crippen LogP contribution in [0.2, 0.25) is 0 Å². The quantitative estimate of drug-likeness (QED) is 0.427. The lowest BCUT2D eigenvalue weighted by Gasteiger charge is -2.19. The van der Waals surface area contributed by atoms with Gasteiger partial charge in [-0.25, -0.2) is 4.79 Å². The zero-order chi connectivity index (χ0) is 15.1. The van der Waals surface area contributed by atoms with Gasteiger partial charge in [0.15, 0.2) is 0 Å². The molecule has 6 heteroatoms. The molecule has 0 saturated heterocycles. The summed E-state index contributed by atoms with van der Waals surface area (Å²) in [5, 5.41) is 22.8. The lowest BCUT2D eigenvalue weighted by atomic mass is 9.99. The number of nitrogens with one attached hydrogen (secondary N) is 1. The predicted octanol–water partition coefficient (Wildman–Crippen LogP) is 0.449. The van der Waals surface area contributed by atoms with Gasteiger partial charge in [-0.2, -0.15) is 0 Å². The largest absolute Gasteiger partial charge is 0.462 e. The summed E-state index contributed by atoms with van der Waals surface area (Å²) < 4.78 is 4.90. The van der Waals surface area contributed by atoms with Crippen molar-refractivity contribution in [3.05, 3.63) is 29.3 Å². The van der Waals surface area contributed by atoms with Gasteiger partial charge in [0.05, 0.1) is 18.3 Å². The van der Waals surface area contributed by atoms with Crippen LogP contribution in [0.4, 0.5) is 5.69 Å². The summed E-state index contributed by atoms with van der Waals surface area (Å²) in [5.41, 5.74) is 6.64. The van der Waals surface area contributed by atoms with Gasteiger partial charge in [0.2, 0.25) is 0 Å². The highest BCUT2D eigenvalue weighted by Gasteiger charge is 2.20. The third kappa shape index (κ3) is 4.19. The van der Waals surface area contributed by atoms with Crippen LogP contribution in [0, 0.1) is 0 Å². The van der Waals surface area contributed by atoms with Gasteiger partial charge in [-0.15, -0.1) is 0 Å². The molecule has 0 aliphatic rings. The van der Waals surface area contributed by atoms with Crippen LogP contribution < -0.4 is 11.1 Å². The van der Waals surface area contributed by atoms with Crippen LogP contribution >= 0.6 is 0 Å². The number of anilines is 1. The molecule has 2 unspecified atom stereocenters. The van der Waals surface area contributed by atoms with Crippen LogP contribution in [0.3, 0.4) is 0 Å². The minimum atomic E-state index is -1.07. The van der Waals surface area contributed by atoms with E-state index in [0.717, 1.165) is 0 Å². The van der Waals surface area contributed by atoms with Gasteiger partial charge in [-0.3, -0.25) is 0 Å². The third-order valence-corrected chi connectivity index (χ3v) is 2.97. The molecule has 0 amide bonds. The van der Waals surface area contributed by atoms with Gasteiger partial charge in [0, 0.05) is 5.69 Å². The van der Waals surface area contributed by atoms with Gasteiger partial charge in [0.25, 0.3) is 0 Å². The molecule has 6 nitrogen and oxygen atoms in total. The van der Waals surface area contributed by atoms with Crippen molar-refractivity contribution in [1.82, 2.24) is 5.32 Å². The molecule has 1 aromatic carbocycles. The highest BCUT2D eigenvalue weighted by Crippen LogP contribution is 2.23. The second-order valence-corrected chi connectivity index (χ2v) is 4.47. The van der Waals surface area contributed by atoms with Crippen molar-refractivity contribution in [2.24, 2.45) is 0 Å². The zero-order valence-electron chi connectivity index (χ0n) is 11.8. The Bertz CT molecular complexity index is 451. The minimum absolute atomic E-state index is 0.198. The Labute approximate surface area is 118 Å². The van der Waals surface area contributed by atoms with Crippen molar-refractivity contribution in [2.75, 3.05) is 25.9 Å². The molecule has 0 saturated carbocycles. The Hall–Kier alpha value is -1.63. The lowest BCUT2D eigenvalue weighted by Crippen LogP contribution is -2.23. The average Bonchev–Trinajstić information content (AvgIpc) is 2.44. The number of hydrogen-bond acceptors (Lipinski definition) is 6. The summed E-state index contributed by atoms with van der Waals surface area (Å²) in [6.45, 7) is 2.53. The van der Waals surface area contributed by atoms with Gasteiger partial charge in [0.1, 0.15) is 6.10 Å². The first-order chi connectivity index (χ1) is 9.51. The highest BCUT2D eigenvalue weighted by atomic mass is 16.5. The number of carbonyl (C=O) groups excluding carboxylic acids is 1. The molecular weight excluding hydrogens is 260 g/mol. The number of ether oxygens (including phenoxy) is 1. The summed E-state index contributed by atoms with van der Waals surface area (Å²) in [6, 6.07) is 4.57. The molecule has 20 heavy (non-hydrogen) atoms. The molecule has 112 valence electrons. The summed E-state index contributed by atoms with van der Waals surface area (Å²) in [4.78, 5) is 11.7. The number of rotatable bonds is 7. The number of aliphatic hydroxyl groups excluding tert-OH is 2. The molecule has 2 atom stereocenters. The fraction of sp³-hybridized carbons (Fsp3) is 0.500. The van der Waals surface area contributed by atoms with Crippen molar-refractivity contribution >= 4 is 11.7 Å². The number of aliphatic hydroxyl groups is 2. The van der Waals surface area contributed by atoms with Crippen LogP contribution in [-0.4, -0.2) is 42.5 Å². The van der Waals surface area contributed by atoms with Gasteiger partial charge in [-0.1, -0.05) is 6.07 Å². The fourth-order valence-corrected chi connectivity index (χ4v) is 1.82. The Kier molecular flexibility index (Phi) is 6.44. The molecular formula is C14H22N2O4. The number of nitrogens with two attached hydrogens (primary N) is 1. The molecule has 0 bridgehead atoms. The first-order valence-corrected chi connectivity index (χ1v) is 6.58. The van der Waals surface area contributed by atoms with E-state index >= 15 is 0 Å². The van der Waals surface area contributed by atoms with E-state index < -0.39 is 18.2 Å². The van der Waals surface area contributed by atoms with Crippen molar-refractivity contribution in [3.63, 3.8) is 0 Å². The maximum absolute atomic E-state index is 11.7. The van der Waals surface area contributed by atoms with E-state index in [1.807, 2.05) is 0 Å². The van der Waals surface area contributed by atoms with Crippen LogP contribution in [-0.2, 0) is 4.74 Å². The Balaban J connectivity index is 2.91. The highest BCUT2D eigenvalue weighted by molar-refractivity contribution is 5.95. The van der Waals surface area contributed by atoms with E-state index in [4.69, 9.17) is 10.5 Å². The molecule has 0 radical (unpaired) electrons. The Morgan fingerprint density at radius 2 is 2.15 bits per heavy atom. The number of nitrogen functional groups attached to an aromatic ring is 1. The van der Waals surface area contributed by atoms with E-state index in [9.17, 15) is 15.0 Å². The van der Waals surface area contributed by atoms with E-state index in [0.29, 0.717) is 18.5 Å². The summed E-state index contributed by atoms with van der Waals surface area (Å²) in [6.07, 6.45) is -1.59. The standard InChI is InChI=1S/C14H22N2O4/c1-3-20-14(19)10-8-9(4-5-11(10)15)13(18)12(17)6-7-16-2/h4-5,8,12-13,16-18H,3,6-7,15H2,1-2H3. The molecule has 0 aliphatic carbocycles. The van der Waals surface area contributed by atoms with Crippen LogP contribution in [0.25, 0.3) is 0 Å². The first kappa shape index (κ1) is 16.4. The zero-order valence-corrected chi connectivity index (χ0v) is 11.8. The maximum atomic E-state index is 11.7. The smallest absolute Gasteiger partial charge is 0.340 e. The van der Waals surface area contributed by atoms with Crippen LogP contribution in [0.5, 0.6) is 0 Å². The number of benzene rings is 1. The molecule has 0 aliphatic heterocycles. The average molecular weight is 282 g/mol. The molecule has 0 aromatic heterocycles. The fourth-order valence-electron chi connectivity index (χ4n) is 1.82. The lowest BCUT2D eigenvalue weighted by molar-refractivity contribution is 0.0139. The first-order valence-electron chi connectivity index (χ1n) is 6.58. The van der Waals surface area contributed by atoms with Crippen molar-refractivity contribution in [2.45, 2.75) is 25.6 Å². The third-order valence-electron chi connectivity index (χ3n) is 2.97. The molecule has 5 N–H and O–H groups in total. The number of carbonyl (C=O) groups is 1. The van der Waals surface area contributed by atoms with Gasteiger partial charge in [-0.05, 0) is 44.6 Å². The normalized spacial score (nSPS) is 13.8. The van der Waals surface area contributed by atoms with Crippen LogP contribution in [0.15, 0.2) is 18.2 Å². The maximum Gasteiger partial charge on any atom is 0.340 e. The monoisotopic (exact) mass is 282 g/mol. The second-order valence-electron chi connectivity index (χ2n) is 4.47. The van der Waals surface area contributed by atoms with Crippen LogP contribution in [0.1, 0.15) is 35.4 Å². The minimum Gasteiger partial charge on any atom is -0.462 e. The van der Waals surface area contributed by atoms with Crippen molar-refractivity contribution in [1.29, 1.82) is 0 Å². The van der Waals surface area contributed by atoms with Crippen molar-refractivity contribution < 1.29 is 19.7 Å². The van der Waals surface area contributed by atoms with Gasteiger partial charge >= 0.3 is 5.97 Å². The Morgan fingerprint density at radius 3 is 2.75 bits per heavy atom. The van der Waals surface area contributed by atoms with E-state index in [1.165, 1.54) is 12.1 Å². The van der Waals surface area contributed by atoms with E-state index in [1.54, 1.807) is 20.0 Å².